The standard InChI is InChI=1S/C16H22N2O2/c1-17-16(20)10-11-18(2)13-15-8-6-14(7-9-15)5-3-4-12-19/h6-9,19H,4,10-13H2,1-2H3,(H,17,20). The van der Waals surface area contributed by atoms with E-state index in [0.29, 0.717) is 12.8 Å². The summed E-state index contributed by atoms with van der Waals surface area (Å²) in [7, 11) is 3.65. The third kappa shape index (κ3) is 6.37. The Hall–Kier alpha value is -1.83. The monoisotopic (exact) mass is 274 g/mol. The van der Waals surface area contributed by atoms with Crippen LogP contribution < -0.4 is 5.32 Å². The van der Waals surface area contributed by atoms with Crippen LogP contribution in [0.15, 0.2) is 24.3 Å². The molecule has 4 heteroatoms. The third-order valence-corrected chi connectivity index (χ3v) is 2.88. The van der Waals surface area contributed by atoms with Gasteiger partial charge in [-0.3, -0.25) is 4.79 Å². The van der Waals surface area contributed by atoms with Crippen molar-refractivity contribution in [1.29, 1.82) is 0 Å². The van der Waals surface area contributed by atoms with Crippen LogP contribution in [0.3, 0.4) is 0 Å². The lowest BCUT2D eigenvalue weighted by molar-refractivity contribution is -0.120. The average Bonchev–Trinajstić information content (AvgIpc) is 2.47. The molecule has 0 radical (unpaired) electrons. The summed E-state index contributed by atoms with van der Waals surface area (Å²) >= 11 is 0. The van der Waals surface area contributed by atoms with Gasteiger partial charge in [-0.15, -0.1) is 0 Å². The zero-order valence-corrected chi connectivity index (χ0v) is 12.1. The molecule has 20 heavy (non-hydrogen) atoms. The minimum atomic E-state index is 0.0614. The summed E-state index contributed by atoms with van der Waals surface area (Å²) < 4.78 is 0. The second-order valence-corrected chi connectivity index (χ2v) is 4.63. The Morgan fingerprint density at radius 3 is 2.65 bits per heavy atom. The van der Waals surface area contributed by atoms with Crippen LogP contribution in [0.4, 0.5) is 0 Å². The van der Waals surface area contributed by atoms with Crippen LogP contribution in [0.2, 0.25) is 0 Å². The maximum atomic E-state index is 11.2. The van der Waals surface area contributed by atoms with Gasteiger partial charge in [0.1, 0.15) is 0 Å². The SMILES string of the molecule is CNC(=O)CCN(C)Cc1ccc(C#CCCO)cc1. The molecule has 0 fully saturated rings. The van der Waals surface area contributed by atoms with E-state index in [1.807, 2.05) is 31.3 Å². The molecule has 0 saturated carbocycles. The van der Waals surface area contributed by atoms with Crippen molar-refractivity contribution < 1.29 is 9.90 Å². The highest BCUT2D eigenvalue weighted by molar-refractivity contribution is 5.75. The summed E-state index contributed by atoms with van der Waals surface area (Å²) in [5.74, 6) is 5.95. The smallest absolute Gasteiger partial charge is 0.221 e. The minimum Gasteiger partial charge on any atom is -0.395 e. The maximum absolute atomic E-state index is 11.2. The molecule has 0 spiro atoms. The third-order valence-electron chi connectivity index (χ3n) is 2.88. The molecule has 0 unspecified atom stereocenters. The second-order valence-electron chi connectivity index (χ2n) is 4.63. The van der Waals surface area contributed by atoms with E-state index in [2.05, 4.69) is 22.1 Å². The molecular formula is C16H22N2O2. The molecule has 1 aromatic carbocycles. The first kappa shape index (κ1) is 16.2. The molecule has 0 aliphatic carbocycles. The number of aliphatic hydroxyl groups is 1. The number of hydrogen-bond donors (Lipinski definition) is 2. The van der Waals surface area contributed by atoms with E-state index in [-0.39, 0.29) is 12.5 Å². The first-order valence-electron chi connectivity index (χ1n) is 6.73. The van der Waals surface area contributed by atoms with Crippen LogP contribution >= 0.6 is 0 Å². The van der Waals surface area contributed by atoms with Crippen molar-refractivity contribution in [1.82, 2.24) is 10.2 Å². The quantitative estimate of drug-likeness (QED) is 0.761. The van der Waals surface area contributed by atoms with Gasteiger partial charge in [-0.05, 0) is 24.7 Å². The van der Waals surface area contributed by atoms with Gasteiger partial charge in [-0.25, -0.2) is 0 Å². The topological polar surface area (TPSA) is 52.6 Å². The number of hydrogen-bond acceptors (Lipinski definition) is 3. The molecule has 0 aliphatic rings. The van der Waals surface area contributed by atoms with Crippen LogP contribution in [0.1, 0.15) is 24.0 Å². The van der Waals surface area contributed by atoms with Gasteiger partial charge in [0, 0.05) is 38.5 Å². The summed E-state index contributed by atoms with van der Waals surface area (Å²) in [4.78, 5) is 13.3. The summed E-state index contributed by atoms with van der Waals surface area (Å²) in [5, 5.41) is 11.3. The Balaban J connectivity index is 2.45. The normalized spacial score (nSPS) is 10.0. The largest absolute Gasteiger partial charge is 0.395 e. The Bertz CT molecular complexity index is 471. The van der Waals surface area contributed by atoms with Gasteiger partial charge in [-0.1, -0.05) is 24.0 Å². The van der Waals surface area contributed by atoms with Crippen LogP contribution in [0.25, 0.3) is 0 Å². The molecule has 0 aliphatic heterocycles. The van der Waals surface area contributed by atoms with Crippen LogP contribution in [-0.4, -0.2) is 43.2 Å². The molecule has 108 valence electrons. The van der Waals surface area contributed by atoms with E-state index >= 15 is 0 Å². The van der Waals surface area contributed by atoms with E-state index in [0.717, 1.165) is 18.7 Å². The maximum Gasteiger partial charge on any atom is 0.221 e. The summed E-state index contributed by atoms with van der Waals surface area (Å²) in [6, 6.07) is 8.04. The highest BCUT2D eigenvalue weighted by Crippen LogP contribution is 2.06. The highest BCUT2D eigenvalue weighted by Gasteiger charge is 2.03. The lowest BCUT2D eigenvalue weighted by Crippen LogP contribution is -2.26. The molecular weight excluding hydrogens is 252 g/mol. The highest BCUT2D eigenvalue weighted by atomic mass is 16.2. The fraction of sp³-hybridized carbons (Fsp3) is 0.438. The van der Waals surface area contributed by atoms with Crippen molar-refractivity contribution in [3.8, 4) is 11.8 Å². The fourth-order valence-electron chi connectivity index (χ4n) is 1.72. The Morgan fingerprint density at radius 1 is 1.35 bits per heavy atom. The van der Waals surface area contributed by atoms with Crippen molar-refractivity contribution in [3.63, 3.8) is 0 Å². The number of nitrogens with zero attached hydrogens (tertiary/aromatic N) is 1. The first-order valence-corrected chi connectivity index (χ1v) is 6.73. The van der Waals surface area contributed by atoms with Crippen molar-refractivity contribution >= 4 is 5.91 Å². The van der Waals surface area contributed by atoms with Gasteiger partial charge in [-0.2, -0.15) is 0 Å². The van der Waals surface area contributed by atoms with Crippen molar-refractivity contribution in [2.24, 2.45) is 0 Å². The van der Waals surface area contributed by atoms with Crippen molar-refractivity contribution in [3.05, 3.63) is 35.4 Å². The van der Waals surface area contributed by atoms with E-state index in [1.54, 1.807) is 7.05 Å². The molecule has 2 N–H and O–H groups in total. The number of nitrogens with one attached hydrogen (secondary N) is 1. The van der Waals surface area contributed by atoms with Gasteiger partial charge in [0.15, 0.2) is 0 Å². The number of amides is 1. The van der Waals surface area contributed by atoms with E-state index in [4.69, 9.17) is 5.11 Å². The minimum absolute atomic E-state index is 0.0614. The van der Waals surface area contributed by atoms with Gasteiger partial charge in [0.2, 0.25) is 5.91 Å². The van der Waals surface area contributed by atoms with Crippen molar-refractivity contribution in [2.45, 2.75) is 19.4 Å². The fourth-order valence-corrected chi connectivity index (χ4v) is 1.72. The zero-order chi connectivity index (χ0) is 14.8. The second kappa shape index (κ2) is 9.13. The molecule has 0 saturated heterocycles. The van der Waals surface area contributed by atoms with E-state index in [1.165, 1.54) is 5.56 Å². The van der Waals surface area contributed by atoms with Crippen molar-refractivity contribution in [2.75, 3.05) is 27.2 Å². The number of rotatable bonds is 6. The lowest BCUT2D eigenvalue weighted by Gasteiger charge is -2.16. The lowest BCUT2D eigenvalue weighted by atomic mass is 10.1. The number of benzene rings is 1. The predicted molar refractivity (Wildman–Crippen MR) is 80.0 cm³/mol. The molecule has 4 nitrogen and oxygen atoms in total. The Morgan fingerprint density at radius 2 is 2.05 bits per heavy atom. The van der Waals surface area contributed by atoms with Gasteiger partial charge < -0.3 is 15.3 Å². The number of aliphatic hydroxyl groups excluding tert-OH is 1. The van der Waals surface area contributed by atoms with E-state index < -0.39 is 0 Å². The number of carbonyl (C=O) groups excluding carboxylic acids is 1. The van der Waals surface area contributed by atoms with Gasteiger partial charge in [0.25, 0.3) is 0 Å². The average molecular weight is 274 g/mol. The number of carbonyl (C=O) groups is 1. The molecule has 1 aromatic rings. The molecule has 1 amide bonds. The Kier molecular flexibility index (Phi) is 7.41. The van der Waals surface area contributed by atoms with Gasteiger partial charge >= 0.3 is 0 Å². The Labute approximate surface area is 120 Å². The summed E-state index contributed by atoms with van der Waals surface area (Å²) in [5.41, 5.74) is 2.15. The molecule has 0 heterocycles. The zero-order valence-electron chi connectivity index (χ0n) is 12.1. The van der Waals surface area contributed by atoms with Gasteiger partial charge in [0.05, 0.1) is 6.61 Å². The predicted octanol–water partition coefficient (Wildman–Crippen LogP) is 0.988. The van der Waals surface area contributed by atoms with E-state index in [9.17, 15) is 4.79 Å². The summed E-state index contributed by atoms with van der Waals surface area (Å²) in [6.45, 7) is 1.64. The molecule has 1 rings (SSSR count). The summed E-state index contributed by atoms with van der Waals surface area (Å²) in [6.07, 6.45) is 1.02. The first-order chi connectivity index (χ1) is 9.65. The molecule has 0 aromatic heterocycles. The molecule has 0 atom stereocenters. The molecule has 0 bridgehead atoms. The van der Waals surface area contributed by atoms with Crippen LogP contribution in [-0.2, 0) is 11.3 Å². The van der Waals surface area contributed by atoms with Crippen LogP contribution in [0, 0.1) is 11.8 Å². The van der Waals surface area contributed by atoms with Crippen LogP contribution in [0.5, 0.6) is 0 Å².